The molecule has 0 radical (unpaired) electrons. The highest BCUT2D eigenvalue weighted by Crippen LogP contribution is 2.18. The number of carbonyl (C=O) groups is 1. The number of carbonyl (C=O) groups excluding carboxylic acids is 1. The number of hydroxylamine groups is 1. The molecule has 7 heteroatoms. The lowest BCUT2D eigenvalue weighted by Crippen LogP contribution is -2.20. The molecule has 0 aliphatic carbocycles. The van der Waals surface area contributed by atoms with Crippen molar-refractivity contribution < 1.29 is 27.9 Å². The molecular formula is C15H12F3NO3. The van der Waals surface area contributed by atoms with Gasteiger partial charge >= 0.3 is 0 Å². The Labute approximate surface area is 124 Å². The zero-order valence-electron chi connectivity index (χ0n) is 11.3. The number of hydrogen-bond donors (Lipinski definition) is 2. The predicted octanol–water partition coefficient (Wildman–Crippen LogP) is 2.73. The van der Waals surface area contributed by atoms with E-state index in [9.17, 15) is 18.0 Å². The third-order valence-electron chi connectivity index (χ3n) is 2.90. The maximum absolute atomic E-state index is 13.4. The van der Waals surface area contributed by atoms with Crippen molar-refractivity contribution in [3.8, 4) is 5.75 Å². The maximum atomic E-state index is 13.4. The Morgan fingerprint density at radius 2 is 1.68 bits per heavy atom. The van der Waals surface area contributed by atoms with Gasteiger partial charge in [-0.3, -0.25) is 10.0 Å². The Kier molecular flexibility index (Phi) is 5.00. The van der Waals surface area contributed by atoms with Crippen LogP contribution in [0, 0.1) is 17.5 Å². The fourth-order valence-corrected chi connectivity index (χ4v) is 1.76. The Hall–Kier alpha value is -2.54. The van der Waals surface area contributed by atoms with Gasteiger partial charge in [0.15, 0.2) is 11.6 Å². The third-order valence-corrected chi connectivity index (χ3v) is 2.90. The lowest BCUT2D eigenvalue weighted by atomic mass is 10.1. The Morgan fingerprint density at radius 1 is 1.05 bits per heavy atom. The molecule has 2 aromatic rings. The van der Waals surface area contributed by atoms with E-state index in [0.717, 1.165) is 6.07 Å². The largest absolute Gasteiger partial charge is 0.489 e. The van der Waals surface area contributed by atoms with Crippen LogP contribution in [0.15, 0.2) is 36.4 Å². The van der Waals surface area contributed by atoms with Crippen LogP contribution in [0.3, 0.4) is 0 Å². The van der Waals surface area contributed by atoms with Crippen molar-refractivity contribution in [2.75, 3.05) is 0 Å². The molecule has 0 bridgehead atoms. The van der Waals surface area contributed by atoms with Gasteiger partial charge in [-0.05, 0) is 23.8 Å². The van der Waals surface area contributed by atoms with Gasteiger partial charge in [0.25, 0.3) is 0 Å². The summed E-state index contributed by atoms with van der Waals surface area (Å²) < 4.78 is 44.5. The summed E-state index contributed by atoms with van der Waals surface area (Å²) in [6.45, 7) is -0.264. The number of halogens is 3. The second-order valence-corrected chi connectivity index (χ2v) is 4.50. The van der Waals surface area contributed by atoms with Crippen molar-refractivity contribution in [1.82, 2.24) is 5.48 Å². The van der Waals surface area contributed by atoms with Gasteiger partial charge < -0.3 is 4.74 Å². The maximum Gasteiger partial charge on any atom is 0.247 e. The van der Waals surface area contributed by atoms with E-state index in [1.54, 1.807) is 12.1 Å². The molecule has 0 fully saturated rings. The molecule has 0 aliphatic rings. The second kappa shape index (κ2) is 6.95. The summed E-state index contributed by atoms with van der Waals surface area (Å²) in [4.78, 5) is 11.0. The van der Waals surface area contributed by atoms with Crippen molar-refractivity contribution in [3.63, 3.8) is 0 Å². The van der Waals surface area contributed by atoms with E-state index in [2.05, 4.69) is 0 Å². The second-order valence-electron chi connectivity index (χ2n) is 4.50. The fraction of sp³-hybridized carbons (Fsp3) is 0.133. The normalized spacial score (nSPS) is 10.4. The highest BCUT2D eigenvalue weighted by molar-refractivity contribution is 5.77. The first-order chi connectivity index (χ1) is 10.5. The molecule has 2 N–H and O–H groups in total. The topological polar surface area (TPSA) is 58.6 Å². The molecule has 116 valence electrons. The Bertz CT molecular complexity index is 674. The van der Waals surface area contributed by atoms with Crippen LogP contribution in [0.5, 0.6) is 5.75 Å². The lowest BCUT2D eigenvalue weighted by molar-refractivity contribution is -0.128. The van der Waals surface area contributed by atoms with Crippen LogP contribution in [0.2, 0.25) is 0 Å². The number of hydrogen-bond acceptors (Lipinski definition) is 3. The van der Waals surface area contributed by atoms with E-state index in [1.165, 1.54) is 17.6 Å². The van der Waals surface area contributed by atoms with E-state index in [-0.39, 0.29) is 18.6 Å². The fourth-order valence-electron chi connectivity index (χ4n) is 1.76. The van der Waals surface area contributed by atoms with E-state index >= 15 is 0 Å². The molecule has 2 aromatic carbocycles. The SMILES string of the molecule is O=C(Cc1ccc(OCc2cc(F)c(F)cc2F)cc1)NO. The summed E-state index contributed by atoms with van der Waals surface area (Å²) in [6, 6.07) is 7.46. The summed E-state index contributed by atoms with van der Waals surface area (Å²) in [5, 5.41) is 8.41. The molecule has 0 saturated carbocycles. The first kappa shape index (κ1) is 15.8. The van der Waals surface area contributed by atoms with Crippen molar-refractivity contribution in [3.05, 3.63) is 65.0 Å². The van der Waals surface area contributed by atoms with Crippen LogP contribution in [-0.4, -0.2) is 11.1 Å². The molecule has 2 rings (SSSR count). The minimum absolute atomic E-state index is 0.00538. The van der Waals surface area contributed by atoms with Gasteiger partial charge in [0.05, 0.1) is 6.42 Å². The summed E-state index contributed by atoms with van der Waals surface area (Å²) in [5.41, 5.74) is 2.04. The minimum atomic E-state index is -1.26. The summed E-state index contributed by atoms with van der Waals surface area (Å²) in [5.74, 6) is -3.48. The summed E-state index contributed by atoms with van der Waals surface area (Å²) in [6.07, 6.45) is -0.00538. The molecule has 0 heterocycles. The predicted molar refractivity (Wildman–Crippen MR) is 70.7 cm³/mol. The van der Waals surface area contributed by atoms with Crippen LogP contribution >= 0.6 is 0 Å². The quantitative estimate of drug-likeness (QED) is 0.507. The van der Waals surface area contributed by atoms with E-state index in [4.69, 9.17) is 9.94 Å². The zero-order valence-corrected chi connectivity index (χ0v) is 11.3. The van der Waals surface area contributed by atoms with Crippen LogP contribution in [0.1, 0.15) is 11.1 Å². The first-order valence-electron chi connectivity index (χ1n) is 6.27. The molecular weight excluding hydrogens is 299 g/mol. The Balaban J connectivity index is 2.00. The van der Waals surface area contributed by atoms with Crippen LogP contribution in [0.25, 0.3) is 0 Å². The highest BCUT2D eigenvalue weighted by Gasteiger charge is 2.10. The van der Waals surface area contributed by atoms with E-state index in [0.29, 0.717) is 17.4 Å². The first-order valence-corrected chi connectivity index (χ1v) is 6.27. The average Bonchev–Trinajstić information content (AvgIpc) is 2.51. The average molecular weight is 311 g/mol. The van der Waals surface area contributed by atoms with Gasteiger partial charge in [-0.25, -0.2) is 18.7 Å². The summed E-state index contributed by atoms with van der Waals surface area (Å²) >= 11 is 0. The molecule has 1 amide bonds. The smallest absolute Gasteiger partial charge is 0.247 e. The third kappa shape index (κ3) is 3.98. The number of nitrogens with one attached hydrogen (secondary N) is 1. The number of amides is 1. The standard InChI is InChI=1S/C15H12F3NO3/c16-12-7-14(18)13(17)6-10(12)8-22-11-3-1-9(2-4-11)5-15(20)19-21/h1-4,6-7,21H,5,8H2,(H,19,20). The van der Waals surface area contributed by atoms with E-state index in [1.807, 2.05) is 0 Å². The number of ether oxygens (including phenoxy) is 1. The molecule has 4 nitrogen and oxygen atoms in total. The van der Waals surface area contributed by atoms with Gasteiger partial charge in [-0.1, -0.05) is 12.1 Å². The van der Waals surface area contributed by atoms with Crippen LogP contribution < -0.4 is 10.2 Å². The van der Waals surface area contributed by atoms with Crippen LogP contribution in [0.4, 0.5) is 13.2 Å². The van der Waals surface area contributed by atoms with Gasteiger partial charge in [-0.2, -0.15) is 0 Å². The molecule has 0 unspecified atom stereocenters. The highest BCUT2D eigenvalue weighted by atomic mass is 19.2. The zero-order chi connectivity index (χ0) is 16.1. The monoisotopic (exact) mass is 311 g/mol. The molecule has 0 aromatic heterocycles. The van der Waals surface area contributed by atoms with Gasteiger partial charge in [-0.15, -0.1) is 0 Å². The van der Waals surface area contributed by atoms with Crippen molar-refractivity contribution in [1.29, 1.82) is 0 Å². The van der Waals surface area contributed by atoms with Crippen molar-refractivity contribution in [2.45, 2.75) is 13.0 Å². The lowest BCUT2D eigenvalue weighted by Gasteiger charge is -2.08. The minimum Gasteiger partial charge on any atom is -0.489 e. The molecule has 0 atom stereocenters. The van der Waals surface area contributed by atoms with Gasteiger partial charge in [0, 0.05) is 11.6 Å². The summed E-state index contributed by atoms with van der Waals surface area (Å²) in [7, 11) is 0. The molecule has 0 aliphatic heterocycles. The molecule has 0 saturated heterocycles. The molecule has 22 heavy (non-hydrogen) atoms. The Morgan fingerprint density at radius 3 is 2.32 bits per heavy atom. The molecule has 0 spiro atoms. The number of rotatable bonds is 5. The van der Waals surface area contributed by atoms with Crippen molar-refractivity contribution in [2.24, 2.45) is 0 Å². The van der Waals surface area contributed by atoms with E-state index < -0.39 is 23.4 Å². The van der Waals surface area contributed by atoms with Crippen LogP contribution in [-0.2, 0) is 17.8 Å². The van der Waals surface area contributed by atoms with Gasteiger partial charge in [0.2, 0.25) is 5.91 Å². The van der Waals surface area contributed by atoms with Gasteiger partial charge in [0.1, 0.15) is 18.2 Å². The van der Waals surface area contributed by atoms with Crippen molar-refractivity contribution >= 4 is 5.91 Å². The number of benzene rings is 2.